The van der Waals surface area contributed by atoms with Crippen LogP contribution in [0.5, 0.6) is 0 Å². The second kappa shape index (κ2) is 8.02. The SMILES string of the molecule is CN=C(NCc1cccnc1N1CCOCC1)N1CCS(=O)(=O)C(C)(C)C1. The Balaban J connectivity index is 1.69. The van der Waals surface area contributed by atoms with E-state index in [1.54, 1.807) is 27.1 Å². The number of sulfone groups is 1. The van der Waals surface area contributed by atoms with E-state index in [9.17, 15) is 8.42 Å². The first-order chi connectivity index (χ1) is 12.8. The normalized spacial score (nSPS) is 22.6. The van der Waals surface area contributed by atoms with Gasteiger partial charge >= 0.3 is 0 Å². The van der Waals surface area contributed by atoms with Crippen molar-refractivity contribution in [1.29, 1.82) is 0 Å². The summed E-state index contributed by atoms with van der Waals surface area (Å²) < 4.78 is 29.1. The molecule has 2 aliphatic rings. The van der Waals surface area contributed by atoms with Gasteiger partial charge in [0.25, 0.3) is 0 Å². The van der Waals surface area contributed by atoms with Gasteiger partial charge in [-0.1, -0.05) is 6.07 Å². The molecule has 0 aromatic carbocycles. The molecular weight excluding hydrogens is 366 g/mol. The predicted octanol–water partition coefficient (Wildman–Crippen LogP) is 0.503. The Hall–Kier alpha value is -1.87. The van der Waals surface area contributed by atoms with Crippen LogP contribution in [-0.4, -0.2) is 81.2 Å². The van der Waals surface area contributed by atoms with E-state index in [0.29, 0.717) is 32.8 Å². The fourth-order valence-electron chi connectivity index (χ4n) is 3.46. The lowest BCUT2D eigenvalue weighted by atomic mass is 10.2. The molecule has 3 heterocycles. The number of aromatic nitrogens is 1. The van der Waals surface area contributed by atoms with Gasteiger partial charge in [-0.3, -0.25) is 4.99 Å². The standard InChI is InChI=1S/C18H29N5O3S/c1-18(2)14-23(9-12-27(18,24)25)17(19-3)21-13-15-5-4-6-20-16(15)22-7-10-26-11-8-22/h4-6H,7-14H2,1-3H3,(H,19,21). The lowest BCUT2D eigenvalue weighted by Crippen LogP contribution is -2.57. The highest BCUT2D eigenvalue weighted by Crippen LogP contribution is 2.24. The summed E-state index contributed by atoms with van der Waals surface area (Å²) in [5.74, 6) is 1.83. The monoisotopic (exact) mass is 395 g/mol. The number of nitrogens with one attached hydrogen (secondary N) is 1. The molecule has 9 heteroatoms. The van der Waals surface area contributed by atoms with E-state index in [1.165, 1.54) is 0 Å². The largest absolute Gasteiger partial charge is 0.378 e. The van der Waals surface area contributed by atoms with Crippen molar-refractivity contribution in [1.82, 2.24) is 15.2 Å². The summed E-state index contributed by atoms with van der Waals surface area (Å²) in [6.07, 6.45) is 1.81. The molecule has 1 aromatic heterocycles. The van der Waals surface area contributed by atoms with E-state index in [-0.39, 0.29) is 5.75 Å². The fourth-order valence-corrected chi connectivity index (χ4v) is 4.83. The van der Waals surface area contributed by atoms with E-state index in [4.69, 9.17) is 4.74 Å². The zero-order valence-electron chi connectivity index (χ0n) is 16.3. The van der Waals surface area contributed by atoms with Crippen molar-refractivity contribution in [2.45, 2.75) is 25.1 Å². The molecule has 2 saturated heterocycles. The number of morpholine rings is 1. The second-order valence-corrected chi connectivity index (χ2v) is 10.2. The first-order valence-electron chi connectivity index (χ1n) is 9.28. The Labute approximate surface area is 161 Å². The average molecular weight is 396 g/mol. The zero-order chi connectivity index (χ0) is 19.5. The molecule has 0 saturated carbocycles. The second-order valence-electron chi connectivity index (χ2n) is 7.49. The van der Waals surface area contributed by atoms with Gasteiger partial charge in [0.15, 0.2) is 15.8 Å². The van der Waals surface area contributed by atoms with E-state index in [0.717, 1.165) is 30.4 Å². The van der Waals surface area contributed by atoms with Gasteiger partial charge < -0.3 is 19.9 Å². The molecular formula is C18H29N5O3S. The quantitative estimate of drug-likeness (QED) is 0.589. The van der Waals surface area contributed by atoms with E-state index in [2.05, 4.69) is 26.3 Å². The van der Waals surface area contributed by atoms with Crippen LogP contribution in [0.1, 0.15) is 19.4 Å². The number of nitrogens with zero attached hydrogens (tertiary/aromatic N) is 4. The number of ether oxygens (including phenoxy) is 1. The molecule has 0 aliphatic carbocycles. The Morgan fingerprint density at radius 3 is 2.74 bits per heavy atom. The molecule has 2 fully saturated rings. The van der Waals surface area contributed by atoms with Crippen molar-refractivity contribution in [3.05, 3.63) is 23.9 Å². The van der Waals surface area contributed by atoms with Gasteiger partial charge in [0, 0.05) is 51.5 Å². The summed E-state index contributed by atoms with van der Waals surface area (Å²) in [4.78, 5) is 13.2. The van der Waals surface area contributed by atoms with Crippen molar-refractivity contribution in [2.75, 3.05) is 57.1 Å². The number of guanidine groups is 1. The van der Waals surface area contributed by atoms with Crippen molar-refractivity contribution in [3.8, 4) is 0 Å². The third-order valence-electron chi connectivity index (χ3n) is 5.17. The highest BCUT2D eigenvalue weighted by Gasteiger charge is 2.40. The molecule has 1 N–H and O–H groups in total. The van der Waals surface area contributed by atoms with Gasteiger partial charge in [-0.05, 0) is 19.9 Å². The summed E-state index contributed by atoms with van der Waals surface area (Å²) in [5.41, 5.74) is 1.09. The Kier molecular flexibility index (Phi) is 5.90. The summed E-state index contributed by atoms with van der Waals surface area (Å²) >= 11 is 0. The number of hydrogen-bond acceptors (Lipinski definition) is 6. The molecule has 1 aromatic rings. The maximum atomic E-state index is 12.2. The number of hydrogen-bond donors (Lipinski definition) is 1. The van der Waals surface area contributed by atoms with Crippen LogP contribution in [0.15, 0.2) is 23.3 Å². The summed E-state index contributed by atoms with van der Waals surface area (Å²) in [6, 6.07) is 3.99. The molecule has 0 spiro atoms. The van der Waals surface area contributed by atoms with Crippen LogP contribution >= 0.6 is 0 Å². The van der Waals surface area contributed by atoms with Crippen LogP contribution in [0, 0.1) is 0 Å². The smallest absolute Gasteiger partial charge is 0.193 e. The van der Waals surface area contributed by atoms with Gasteiger partial charge in [-0.2, -0.15) is 0 Å². The van der Waals surface area contributed by atoms with E-state index in [1.807, 2.05) is 11.0 Å². The van der Waals surface area contributed by atoms with Crippen molar-refractivity contribution in [3.63, 3.8) is 0 Å². The average Bonchev–Trinajstić information content (AvgIpc) is 2.66. The molecule has 2 aliphatic heterocycles. The lowest BCUT2D eigenvalue weighted by molar-refractivity contribution is 0.122. The van der Waals surface area contributed by atoms with Crippen molar-refractivity contribution in [2.24, 2.45) is 4.99 Å². The van der Waals surface area contributed by atoms with Gasteiger partial charge in [0.2, 0.25) is 0 Å². The van der Waals surface area contributed by atoms with Gasteiger partial charge in [0.1, 0.15) is 5.82 Å². The van der Waals surface area contributed by atoms with E-state index < -0.39 is 14.6 Å². The Morgan fingerprint density at radius 1 is 1.33 bits per heavy atom. The highest BCUT2D eigenvalue weighted by atomic mass is 32.2. The van der Waals surface area contributed by atoms with Crippen molar-refractivity contribution < 1.29 is 13.2 Å². The minimum Gasteiger partial charge on any atom is -0.378 e. The molecule has 27 heavy (non-hydrogen) atoms. The van der Waals surface area contributed by atoms with Crippen LogP contribution in [0.4, 0.5) is 5.82 Å². The summed E-state index contributed by atoms with van der Waals surface area (Å²) in [7, 11) is -1.35. The number of anilines is 1. The predicted molar refractivity (Wildman–Crippen MR) is 107 cm³/mol. The van der Waals surface area contributed by atoms with E-state index >= 15 is 0 Å². The number of pyridine rings is 1. The maximum Gasteiger partial charge on any atom is 0.193 e. The third kappa shape index (κ3) is 4.35. The van der Waals surface area contributed by atoms with Gasteiger partial charge in [0.05, 0.1) is 23.7 Å². The zero-order valence-corrected chi connectivity index (χ0v) is 17.1. The minimum absolute atomic E-state index is 0.145. The molecule has 0 bridgehead atoms. The first kappa shape index (κ1) is 19.9. The minimum atomic E-state index is -3.08. The van der Waals surface area contributed by atoms with Gasteiger partial charge in [-0.25, -0.2) is 13.4 Å². The van der Waals surface area contributed by atoms with Gasteiger partial charge in [-0.15, -0.1) is 0 Å². The first-order valence-corrected chi connectivity index (χ1v) is 10.9. The summed E-state index contributed by atoms with van der Waals surface area (Å²) in [5, 5.41) is 3.38. The third-order valence-corrected chi connectivity index (χ3v) is 7.70. The molecule has 0 unspecified atom stereocenters. The lowest BCUT2D eigenvalue weighted by Gasteiger charge is -2.39. The number of aliphatic imine (C=N–C) groups is 1. The topological polar surface area (TPSA) is 87.1 Å². The molecule has 3 rings (SSSR count). The van der Waals surface area contributed by atoms with Crippen LogP contribution in [0.25, 0.3) is 0 Å². The van der Waals surface area contributed by atoms with Crippen molar-refractivity contribution >= 4 is 21.6 Å². The molecule has 0 amide bonds. The molecule has 150 valence electrons. The Bertz CT molecular complexity index is 788. The maximum absolute atomic E-state index is 12.2. The molecule has 0 radical (unpaired) electrons. The van der Waals surface area contributed by atoms with Crippen LogP contribution in [0.2, 0.25) is 0 Å². The van der Waals surface area contributed by atoms with Crippen LogP contribution < -0.4 is 10.2 Å². The van der Waals surface area contributed by atoms with Crippen LogP contribution in [-0.2, 0) is 21.1 Å². The number of rotatable bonds is 3. The fraction of sp³-hybridized carbons (Fsp3) is 0.667. The summed E-state index contributed by atoms with van der Waals surface area (Å²) in [6.45, 7) is 8.10. The molecule has 8 nitrogen and oxygen atoms in total. The van der Waals surface area contributed by atoms with Crippen LogP contribution in [0.3, 0.4) is 0 Å². The molecule has 0 atom stereocenters. The highest BCUT2D eigenvalue weighted by molar-refractivity contribution is 7.92. The Morgan fingerprint density at radius 2 is 2.07 bits per heavy atom.